The molecule has 132 valence electrons. The largest absolute Gasteiger partial charge is 0.330 e. The number of hydrogen-bond donors (Lipinski definition) is 1. The van der Waals surface area contributed by atoms with E-state index in [1.165, 1.54) is 28.7 Å². The molecule has 0 saturated heterocycles. The number of hydrogen-bond acceptors (Lipinski definition) is 6. The standard InChI is InChI=1S/C19H18N4OS2/c1-13(17(24)23-12-11-14-7-5-6-10-16(14)23)25-19-22-21-18(26-19)20-15-8-3-2-4-9-15/h2-10,13H,11-12H2,1H3,(H,20,21)/t13-/m1/s1. The van der Waals surface area contributed by atoms with Crippen LogP contribution in [-0.4, -0.2) is 27.9 Å². The Hall–Kier alpha value is -2.38. The van der Waals surface area contributed by atoms with Crippen LogP contribution in [0.4, 0.5) is 16.5 Å². The maximum absolute atomic E-state index is 12.9. The Balaban J connectivity index is 1.41. The lowest BCUT2D eigenvalue weighted by Crippen LogP contribution is -2.35. The smallest absolute Gasteiger partial charge is 0.240 e. The van der Waals surface area contributed by atoms with Gasteiger partial charge < -0.3 is 10.2 Å². The van der Waals surface area contributed by atoms with Crippen LogP contribution in [0, 0.1) is 0 Å². The zero-order valence-corrected chi connectivity index (χ0v) is 15.9. The van der Waals surface area contributed by atoms with Gasteiger partial charge in [0, 0.05) is 17.9 Å². The van der Waals surface area contributed by atoms with Crippen molar-refractivity contribution in [3.8, 4) is 0 Å². The van der Waals surface area contributed by atoms with Crippen molar-refractivity contribution in [2.45, 2.75) is 22.9 Å². The number of amides is 1. The molecule has 0 bridgehead atoms. The number of carbonyl (C=O) groups is 1. The fraction of sp³-hybridized carbons (Fsp3) is 0.211. The number of nitrogens with one attached hydrogen (secondary N) is 1. The van der Waals surface area contributed by atoms with Crippen LogP contribution in [0.2, 0.25) is 0 Å². The molecule has 1 amide bonds. The average molecular weight is 383 g/mol. The number of anilines is 3. The number of carbonyl (C=O) groups excluding carboxylic acids is 1. The van der Waals surface area contributed by atoms with E-state index in [0.29, 0.717) is 0 Å². The first kappa shape index (κ1) is 17.1. The van der Waals surface area contributed by atoms with Crippen molar-refractivity contribution >= 4 is 45.5 Å². The second-order valence-corrected chi connectivity index (χ2v) is 8.56. The van der Waals surface area contributed by atoms with Gasteiger partial charge in [0.2, 0.25) is 11.0 Å². The third kappa shape index (κ3) is 3.59. The number of para-hydroxylation sites is 2. The monoisotopic (exact) mass is 382 g/mol. The first-order valence-electron chi connectivity index (χ1n) is 8.42. The van der Waals surface area contributed by atoms with Gasteiger partial charge in [-0.3, -0.25) is 4.79 Å². The third-order valence-corrected chi connectivity index (χ3v) is 6.22. The number of aromatic nitrogens is 2. The summed E-state index contributed by atoms with van der Waals surface area (Å²) in [5, 5.41) is 12.1. The van der Waals surface area contributed by atoms with E-state index < -0.39 is 0 Å². The molecule has 1 aromatic heterocycles. The quantitative estimate of drug-likeness (QED) is 0.665. The van der Waals surface area contributed by atoms with Gasteiger partial charge >= 0.3 is 0 Å². The predicted octanol–water partition coefficient (Wildman–Crippen LogP) is 4.35. The summed E-state index contributed by atoms with van der Waals surface area (Å²) >= 11 is 2.92. The van der Waals surface area contributed by atoms with Gasteiger partial charge in [-0.2, -0.15) is 0 Å². The van der Waals surface area contributed by atoms with Gasteiger partial charge in [-0.1, -0.05) is 59.5 Å². The van der Waals surface area contributed by atoms with E-state index in [-0.39, 0.29) is 11.2 Å². The molecule has 7 heteroatoms. The van der Waals surface area contributed by atoms with Gasteiger partial charge in [-0.15, -0.1) is 10.2 Å². The molecule has 26 heavy (non-hydrogen) atoms. The third-order valence-electron chi connectivity index (χ3n) is 4.21. The lowest BCUT2D eigenvalue weighted by molar-refractivity contribution is -0.117. The van der Waals surface area contributed by atoms with Gasteiger partial charge in [0.1, 0.15) is 0 Å². The first-order valence-corrected chi connectivity index (χ1v) is 10.1. The zero-order valence-electron chi connectivity index (χ0n) is 14.3. The molecule has 3 aromatic rings. The minimum absolute atomic E-state index is 0.118. The summed E-state index contributed by atoms with van der Waals surface area (Å²) in [4.78, 5) is 14.7. The Morgan fingerprint density at radius 2 is 1.92 bits per heavy atom. The van der Waals surface area contributed by atoms with E-state index in [2.05, 4.69) is 21.6 Å². The summed E-state index contributed by atoms with van der Waals surface area (Å²) in [5.41, 5.74) is 3.25. The highest BCUT2D eigenvalue weighted by molar-refractivity contribution is 8.02. The fourth-order valence-corrected chi connectivity index (χ4v) is 4.92. The Kier molecular flexibility index (Phi) is 4.90. The van der Waals surface area contributed by atoms with Crippen molar-refractivity contribution in [2.24, 2.45) is 0 Å². The summed E-state index contributed by atoms with van der Waals surface area (Å²) in [5.74, 6) is 0.118. The molecule has 1 aliphatic heterocycles. The Morgan fingerprint density at radius 1 is 1.15 bits per heavy atom. The molecule has 0 fully saturated rings. The van der Waals surface area contributed by atoms with Gasteiger partial charge in [0.05, 0.1) is 5.25 Å². The number of thioether (sulfide) groups is 1. The van der Waals surface area contributed by atoms with Crippen LogP contribution in [0.3, 0.4) is 0 Å². The molecule has 1 N–H and O–H groups in total. The molecular formula is C19H18N4OS2. The first-order chi connectivity index (χ1) is 12.7. The van der Waals surface area contributed by atoms with Crippen molar-refractivity contribution in [3.63, 3.8) is 0 Å². The maximum atomic E-state index is 12.9. The van der Waals surface area contributed by atoms with E-state index in [1.54, 1.807) is 0 Å². The van der Waals surface area contributed by atoms with Gasteiger partial charge in [0.25, 0.3) is 0 Å². The minimum atomic E-state index is -0.210. The van der Waals surface area contributed by atoms with E-state index in [0.717, 1.165) is 33.8 Å². The van der Waals surface area contributed by atoms with Gasteiger partial charge in [-0.25, -0.2) is 0 Å². The zero-order chi connectivity index (χ0) is 17.9. The summed E-state index contributed by atoms with van der Waals surface area (Å²) in [6.07, 6.45) is 0.920. The van der Waals surface area contributed by atoms with E-state index in [1.807, 2.05) is 60.4 Å². The number of benzene rings is 2. The second kappa shape index (κ2) is 7.47. The highest BCUT2D eigenvalue weighted by atomic mass is 32.2. The van der Waals surface area contributed by atoms with Crippen molar-refractivity contribution < 1.29 is 4.79 Å². The van der Waals surface area contributed by atoms with Crippen LogP contribution in [0.15, 0.2) is 58.9 Å². The average Bonchev–Trinajstić information content (AvgIpc) is 3.29. The predicted molar refractivity (Wildman–Crippen MR) is 107 cm³/mol. The minimum Gasteiger partial charge on any atom is -0.330 e. The molecule has 0 aliphatic carbocycles. The Labute approximate surface area is 160 Å². The number of fused-ring (bicyclic) bond motifs is 1. The maximum Gasteiger partial charge on any atom is 0.240 e. The molecule has 5 nitrogen and oxygen atoms in total. The van der Waals surface area contributed by atoms with E-state index in [4.69, 9.17) is 0 Å². The van der Waals surface area contributed by atoms with Crippen molar-refractivity contribution in [3.05, 3.63) is 60.2 Å². The van der Waals surface area contributed by atoms with Crippen molar-refractivity contribution in [1.82, 2.24) is 10.2 Å². The van der Waals surface area contributed by atoms with Crippen LogP contribution in [0.1, 0.15) is 12.5 Å². The van der Waals surface area contributed by atoms with Crippen LogP contribution >= 0.6 is 23.1 Å². The highest BCUT2D eigenvalue weighted by Gasteiger charge is 2.28. The number of rotatable bonds is 5. The van der Waals surface area contributed by atoms with Crippen LogP contribution in [0.5, 0.6) is 0 Å². The Morgan fingerprint density at radius 3 is 2.77 bits per heavy atom. The van der Waals surface area contributed by atoms with Gasteiger partial charge in [0.15, 0.2) is 4.34 Å². The molecule has 0 unspecified atom stereocenters. The lowest BCUT2D eigenvalue weighted by Gasteiger charge is -2.20. The normalized spacial score (nSPS) is 14.1. The summed E-state index contributed by atoms with van der Waals surface area (Å²) in [6.45, 7) is 2.68. The molecular weight excluding hydrogens is 364 g/mol. The summed E-state index contributed by atoms with van der Waals surface area (Å²) in [7, 11) is 0. The topological polar surface area (TPSA) is 58.1 Å². The summed E-state index contributed by atoms with van der Waals surface area (Å²) < 4.78 is 0.789. The fourth-order valence-electron chi connectivity index (χ4n) is 2.94. The van der Waals surface area contributed by atoms with Gasteiger partial charge in [-0.05, 0) is 37.1 Å². The van der Waals surface area contributed by atoms with Crippen LogP contribution in [-0.2, 0) is 11.2 Å². The van der Waals surface area contributed by atoms with E-state index >= 15 is 0 Å². The second-order valence-electron chi connectivity index (χ2n) is 5.99. The van der Waals surface area contributed by atoms with Crippen LogP contribution < -0.4 is 10.2 Å². The number of nitrogens with zero attached hydrogens (tertiary/aromatic N) is 3. The summed E-state index contributed by atoms with van der Waals surface area (Å²) in [6, 6.07) is 18.0. The molecule has 1 atom stereocenters. The molecule has 2 aromatic carbocycles. The molecule has 4 rings (SSSR count). The van der Waals surface area contributed by atoms with Crippen molar-refractivity contribution in [1.29, 1.82) is 0 Å². The SMILES string of the molecule is C[C@@H](Sc1nnc(Nc2ccccc2)s1)C(=O)N1CCc2ccccc21. The van der Waals surface area contributed by atoms with Crippen molar-refractivity contribution in [2.75, 3.05) is 16.8 Å². The molecule has 2 heterocycles. The van der Waals surface area contributed by atoms with E-state index in [9.17, 15) is 4.79 Å². The highest BCUT2D eigenvalue weighted by Crippen LogP contribution is 2.34. The molecule has 0 saturated carbocycles. The Bertz CT molecular complexity index is 913. The molecule has 1 aliphatic rings. The molecule has 0 radical (unpaired) electrons. The lowest BCUT2D eigenvalue weighted by atomic mass is 10.2. The van der Waals surface area contributed by atoms with Crippen LogP contribution in [0.25, 0.3) is 0 Å². The molecule has 0 spiro atoms.